The summed E-state index contributed by atoms with van der Waals surface area (Å²) in [5.41, 5.74) is -1.78. The topological polar surface area (TPSA) is 106 Å². The maximum atomic E-state index is 15.5. The van der Waals surface area contributed by atoms with Crippen LogP contribution in [0.25, 0.3) is 11.0 Å². The number of nitrogens with zero attached hydrogens (tertiary/aromatic N) is 3. The Balaban J connectivity index is 1.40. The van der Waals surface area contributed by atoms with Gasteiger partial charge >= 0.3 is 17.7 Å². The van der Waals surface area contributed by atoms with E-state index in [1.807, 2.05) is 24.8 Å². The third-order valence-electron chi connectivity index (χ3n) is 7.24. The molecule has 0 aliphatic carbocycles. The minimum absolute atomic E-state index is 0.131. The van der Waals surface area contributed by atoms with Crippen LogP contribution in [0.5, 0.6) is 0 Å². The lowest BCUT2D eigenvalue weighted by atomic mass is 9.79. The second-order valence-corrected chi connectivity index (χ2v) is 9.85. The number of imidazole rings is 1. The van der Waals surface area contributed by atoms with Crippen molar-refractivity contribution in [2.24, 2.45) is 5.41 Å². The molecule has 0 radical (unpaired) electrons. The summed E-state index contributed by atoms with van der Waals surface area (Å²) in [6.45, 7) is 5.58. The smallest absolute Gasteiger partial charge is 0.337 e. The first kappa shape index (κ1) is 24.4. The van der Waals surface area contributed by atoms with Gasteiger partial charge in [0.2, 0.25) is 0 Å². The number of fused-ring (bicyclic) bond motifs is 1. The Morgan fingerprint density at radius 1 is 1.12 bits per heavy atom. The van der Waals surface area contributed by atoms with E-state index in [0.717, 1.165) is 4.57 Å². The number of halogens is 1. The molecule has 186 valence electrons. The van der Waals surface area contributed by atoms with Crippen LogP contribution in [0.15, 0.2) is 29.1 Å². The van der Waals surface area contributed by atoms with Gasteiger partial charge in [-0.2, -0.15) is 0 Å². The predicted octanol–water partition coefficient (Wildman–Crippen LogP) is 2.63. The molecule has 2 N–H and O–H groups in total. The molecular weight excluding hydrogens is 443 g/mol. The molecular formula is C24H33FN4O5. The summed E-state index contributed by atoms with van der Waals surface area (Å²) in [7, 11) is 0. The van der Waals surface area contributed by atoms with E-state index in [4.69, 9.17) is 4.74 Å². The van der Waals surface area contributed by atoms with Crippen LogP contribution in [0.3, 0.4) is 0 Å². The number of para-hydroxylation sites is 2. The van der Waals surface area contributed by atoms with E-state index in [1.54, 1.807) is 22.8 Å². The van der Waals surface area contributed by atoms with Gasteiger partial charge in [-0.25, -0.2) is 18.5 Å². The van der Waals surface area contributed by atoms with Crippen molar-refractivity contribution in [1.82, 2.24) is 19.4 Å². The van der Waals surface area contributed by atoms with Crippen molar-refractivity contribution < 1.29 is 23.8 Å². The SMILES string of the molecule is CC(C)n1c(=O)n(C(=O)NCC2(F)CCN(CC3(C(=O)O)CCOCC3)CC2)c2ccccc21. The second kappa shape index (κ2) is 9.50. The van der Waals surface area contributed by atoms with Crippen LogP contribution >= 0.6 is 0 Å². The molecule has 10 heteroatoms. The van der Waals surface area contributed by atoms with Gasteiger partial charge in [0.05, 0.1) is 23.0 Å². The molecule has 2 aliphatic rings. The van der Waals surface area contributed by atoms with Gasteiger partial charge in [0.15, 0.2) is 0 Å². The van der Waals surface area contributed by atoms with Gasteiger partial charge in [0.1, 0.15) is 5.67 Å². The van der Waals surface area contributed by atoms with E-state index in [9.17, 15) is 19.5 Å². The maximum Gasteiger partial charge on any atom is 0.337 e. The quantitative estimate of drug-likeness (QED) is 0.664. The highest BCUT2D eigenvalue weighted by Gasteiger charge is 2.44. The summed E-state index contributed by atoms with van der Waals surface area (Å²) in [5, 5.41) is 12.4. The summed E-state index contributed by atoms with van der Waals surface area (Å²) in [6, 6.07) is 6.27. The highest BCUT2D eigenvalue weighted by molar-refractivity contribution is 5.89. The summed E-state index contributed by atoms with van der Waals surface area (Å²) >= 11 is 0. The minimum Gasteiger partial charge on any atom is -0.481 e. The first-order valence-corrected chi connectivity index (χ1v) is 11.9. The monoisotopic (exact) mass is 476 g/mol. The predicted molar refractivity (Wildman–Crippen MR) is 125 cm³/mol. The summed E-state index contributed by atoms with van der Waals surface area (Å²) in [5.74, 6) is -0.828. The van der Waals surface area contributed by atoms with Gasteiger partial charge in [-0.1, -0.05) is 12.1 Å². The molecule has 0 saturated carbocycles. The number of piperidine rings is 1. The number of carboxylic acids is 1. The highest BCUT2D eigenvalue weighted by atomic mass is 19.1. The Hall–Kier alpha value is -2.72. The first-order chi connectivity index (χ1) is 16.2. The maximum absolute atomic E-state index is 15.5. The Morgan fingerprint density at radius 2 is 1.74 bits per heavy atom. The van der Waals surface area contributed by atoms with E-state index in [0.29, 0.717) is 56.7 Å². The molecule has 9 nitrogen and oxygen atoms in total. The molecule has 2 saturated heterocycles. The number of aliphatic carboxylic acids is 1. The fourth-order valence-corrected chi connectivity index (χ4v) is 5.10. The number of hydrogen-bond donors (Lipinski definition) is 2. The molecule has 1 amide bonds. The molecule has 0 atom stereocenters. The number of likely N-dealkylation sites (tertiary alicyclic amines) is 1. The number of carbonyl (C=O) groups is 2. The molecule has 1 aromatic heterocycles. The Bertz CT molecular complexity index is 1110. The van der Waals surface area contributed by atoms with E-state index in [1.165, 1.54) is 0 Å². The normalized spacial score (nSPS) is 20.5. The fourth-order valence-electron chi connectivity index (χ4n) is 5.10. The molecule has 0 spiro atoms. The summed E-state index contributed by atoms with van der Waals surface area (Å²) in [6.07, 6.45) is 1.27. The van der Waals surface area contributed by atoms with Crippen LogP contribution in [0.4, 0.5) is 9.18 Å². The van der Waals surface area contributed by atoms with Crippen molar-refractivity contribution in [1.29, 1.82) is 0 Å². The molecule has 4 rings (SSSR count). The first-order valence-electron chi connectivity index (χ1n) is 11.9. The lowest BCUT2D eigenvalue weighted by Crippen LogP contribution is -2.53. The second-order valence-electron chi connectivity index (χ2n) is 9.85. The zero-order valence-corrected chi connectivity index (χ0v) is 19.8. The van der Waals surface area contributed by atoms with E-state index < -0.39 is 28.8 Å². The molecule has 1 aromatic carbocycles. The van der Waals surface area contributed by atoms with Crippen LogP contribution < -0.4 is 11.0 Å². The standard InChI is InChI=1S/C24H33FN4O5/c1-17(2)28-18-5-3-4-6-19(18)29(22(28)33)21(32)26-15-24(25)7-11-27(12-8-24)16-23(20(30)31)9-13-34-14-10-23/h3-6,17H,7-16H2,1-2H3,(H,26,32)(H,30,31). The number of amides is 1. The van der Waals surface area contributed by atoms with Crippen molar-refractivity contribution in [2.45, 2.75) is 51.2 Å². The number of alkyl halides is 1. The van der Waals surface area contributed by atoms with Crippen LogP contribution in [0, 0.1) is 5.41 Å². The average molecular weight is 477 g/mol. The van der Waals surface area contributed by atoms with E-state index in [2.05, 4.69) is 5.32 Å². The zero-order chi connectivity index (χ0) is 24.5. The molecule has 3 heterocycles. The lowest BCUT2D eigenvalue weighted by Gasteiger charge is -2.42. The molecule has 2 aromatic rings. The Morgan fingerprint density at radius 3 is 2.32 bits per heavy atom. The summed E-state index contributed by atoms with van der Waals surface area (Å²) < 4.78 is 23.5. The third kappa shape index (κ3) is 4.61. The van der Waals surface area contributed by atoms with Crippen molar-refractivity contribution in [3.8, 4) is 0 Å². The number of nitrogens with one attached hydrogen (secondary N) is 1. The van der Waals surface area contributed by atoms with Crippen molar-refractivity contribution in [2.75, 3.05) is 39.4 Å². The van der Waals surface area contributed by atoms with Crippen LogP contribution in [0.2, 0.25) is 0 Å². The van der Waals surface area contributed by atoms with Gasteiger partial charge < -0.3 is 20.1 Å². The van der Waals surface area contributed by atoms with Gasteiger partial charge in [-0.05, 0) is 51.7 Å². The number of ether oxygens (including phenoxy) is 1. The van der Waals surface area contributed by atoms with Crippen molar-refractivity contribution >= 4 is 23.0 Å². The number of carbonyl (C=O) groups excluding carboxylic acids is 1. The Labute approximate surface area is 197 Å². The molecule has 0 bridgehead atoms. The summed E-state index contributed by atoms with van der Waals surface area (Å²) in [4.78, 5) is 39.8. The molecule has 0 unspecified atom stereocenters. The van der Waals surface area contributed by atoms with Crippen molar-refractivity contribution in [3.63, 3.8) is 0 Å². The Kier molecular flexibility index (Phi) is 6.82. The van der Waals surface area contributed by atoms with E-state index in [-0.39, 0.29) is 25.4 Å². The fraction of sp³-hybridized carbons (Fsp3) is 0.625. The molecule has 2 aliphatic heterocycles. The van der Waals surface area contributed by atoms with Gasteiger partial charge in [0.25, 0.3) is 0 Å². The van der Waals surface area contributed by atoms with Crippen molar-refractivity contribution in [3.05, 3.63) is 34.7 Å². The van der Waals surface area contributed by atoms with Gasteiger partial charge in [-0.15, -0.1) is 0 Å². The minimum atomic E-state index is -1.61. The lowest BCUT2D eigenvalue weighted by molar-refractivity contribution is -0.157. The largest absolute Gasteiger partial charge is 0.481 e. The average Bonchev–Trinajstić information content (AvgIpc) is 3.12. The van der Waals surface area contributed by atoms with Crippen LogP contribution in [-0.2, 0) is 9.53 Å². The number of hydrogen-bond acceptors (Lipinski definition) is 5. The van der Waals surface area contributed by atoms with E-state index >= 15 is 4.39 Å². The number of benzene rings is 1. The van der Waals surface area contributed by atoms with Crippen LogP contribution in [-0.4, -0.2) is 76.2 Å². The number of carboxylic acid groups (broad SMARTS) is 1. The molecule has 2 fully saturated rings. The van der Waals surface area contributed by atoms with Crippen LogP contribution in [0.1, 0.15) is 45.6 Å². The highest BCUT2D eigenvalue weighted by Crippen LogP contribution is 2.34. The molecule has 34 heavy (non-hydrogen) atoms. The van der Waals surface area contributed by atoms with Gasteiger partial charge in [0, 0.05) is 38.9 Å². The zero-order valence-electron chi connectivity index (χ0n) is 19.8. The third-order valence-corrected chi connectivity index (χ3v) is 7.24. The number of rotatable bonds is 6. The van der Waals surface area contributed by atoms with Gasteiger partial charge in [-0.3, -0.25) is 9.36 Å². The number of aromatic nitrogens is 2.